The van der Waals surface area contributed by atoms with Crippen LogP contribution in [-0.2, 0) is 11.2 Å². The van der Waals surface area contributed by atoms with E-state index in [4.69, 9.17) is 10.5 Å². The van der Waals surface area contributed by atoms with Gasteiger partial charge in [-0.1, -0.05) is 12.1 Å². The molecule has 1 atom stereocenters. The van der Waals surface area contributed by atoms with Gasteiger partial charge in [0.05, 0.1) is 13.2 Å². The second-order valence-corrected chi connectivity index (χ2v) is 4.90. The Kier molecular flexibility index (Phi) is 4.02. The zero-order valence-electron chi connectivity index (χ0n) is 10.8. The quantitative estimate of drug-likeness (QED) is 0.865. The van der Waals surface area contributed by atoms with Crippen molar-refractivity contribution in [1.82, 2.24) is 0 Å². The summed E-state index contributed by atoms with van der Waals surface area (Å²) in [6.45, 7) is 7.88. The number of rotatable bonds is 3. The molecule has 1 aromatic rings. The van der Waals surface area contributed by atoms with E-state index in [9.17, 15) is 0 Å². The number of hydrogen-bond acceptors (Lipinski definition) is 3. The third-order valence-electron chi connectivity index (χ3n) is 3.17. The number of aryl methyl sites for hydroxylation is 1. The Morgan fingerprint density at radius 2 is 2.06 bits per heavy atom. The zero-order valence-corrected chi connectivity index (χ0v) is 10.8. The van der Waals surface area contributed by atoms with Crippen molar-refractivity contribution in [3.8, 4) is 0 Å². The van der Waals surface area contributed by atoms with Gasteiger partial charge in [0.15, 0.2) is 0 Å². The molecule has 2 N–H and O–H groups in total. The molecule has 1 unspecified atom stereocenters. The molecule has 1 fully saturated rings. The van der Waals surface area contributed by atoms with Gasteiger partial charge in [-0.3, -0.25) is 0 Å². The topological polar surface area (TPSA) is 38.5 Å². The molecule has 94 valence electrons. The molecule has 0 aliphatic carbocycles. The highest BCUT2D eigenvalue weighted by molar-refractivity contribution is 5.54. The van der Waals surface area contributed by atoms with Gasteiger partial charge in [-0.15, -0.1) is 0 Å². The summed E-state index contributed by atoms with van der Waals surface area (Å²) in [4.78, 5) is 2.40. The highest BCUT2D eigenvalue weighted by Crippen LogP contribution is 2.22. The normalized spacial score (nSPS) is 18.2. The van der Waals surface area contributed by atoms with Crippen LogP contribution in [0.4, 0.5) is 5.69 Å². The fraction of sp³-hybridized carbons (Fsp3) is 0.571. The highest BCUT2D eigenvalue weighted by atomic mass is 16.5. The van der Waals surface area contributed by atoms with Crippen LogP contribution in [0, 0.1) is 6.92 Å². The summed E-state index contributed by atoms with van der Waals surface area (Å²) in [5.41, 5.74) is 9.83. The average molecular weight is 234 g/mol. The van der Waals surface area contributed by atoms with Crippen molar-refractivity contribution in [1.29, 1.82) is 0 Å². The summed E-state index contributed by atoms with van der Waals surface area (Å²) >= 11 is 0. The molecule has 0 amide bonds. The van der Waals surface area contributed by atoms with Crippen molar-refractivity contribution in [2.24, 2.45) is 5.73 Å². The van der Waals surface area contributed by atoms with Gasteiger partial charge in [0.25, 0.3) is 0 Å². The average Bonchev–Trinajstić information content (AvgIpc) is 2.29. The minimum absolute atomic E-state index is 0.226. The van der Waals surface area contributed by atoms with Crippen LogP contribution in [-0.4, -0.2) is 32.3 Å². The van der Waals surface area contributed by atoms with E-state index in [0.29, 0.717) is 0 Å². The molecule has 1 aromatic carbocycles. The first-order valence-electron chi connectivity index (χ1n) is 6.34. The standard InChI is InChI=1S/C14H22N2O/c1-11-9-13(10-12(2)15)3-4-14(11)16-5-7-17-8-6-16/h3-4,9,12H,5-8,10,15H2,1-2H3. The molecule has 0 aromatic heterocycles. The number of hydrogen-bond donors (Lipinski definition) is 1. The Balaban J connectivity index is 2.13. The largest absolute Gasteiger partial charge is 0.378 e. The number of nitrogens with two attached hydrogens (primary N) is 1. The maximum Gasteiger partial charge on any atom is 0.0642 e. The highest BCUT2D eigenvalue weighted by Gasteiger charge is 2.13. The summed E-state index contributed by atoms with van der Waals surface area (Å²) in [5.74, 6) is 0. The first-order chi connectivity index (χ1) is 8.16. The van der Waals surface area contributed by atoms with E-state index in [2.05, 4.69) is 30.0 Å². The van der Waals surface area contributed by atoms with E-state index in [0.717, 1.165) is 32.7 Å². The van der Waals surface area contributed by atoms with Gasteiger partial charge in [-0.25, -0.2) is 0 Å². The van der Waals surface area contributed by atoms with Gasteiger partial charge in [0, 0.05) is 24.8 Å². The molecule has 0 saturated carbocycles. The summed E-state index contributed by atoms with van der Waals surface area (Å²) in [5, 5.41) is 0. The molecule has 1 heterocycles. The first-order valence-corrected chi connectivity index (χ1v) is 6.34. The van der Waals surface area contributed by atoms with Crippen LogP contribution in [0.5, 0.6) is 0 Å². The molecule has 0 spiro atoms. The number of nitrogens with zero attached hydrogens (tertiary/aromatic N) is 1. The fourth-order valence-corrected chi connectivity index (χ4v) is 2.38. The number of ether oxygens (including phenoxy) is 1. The molecule has 0 radical (unpaired) electrons. The van der Waals surface area contributed by atoms with Crippen molar-refractivity contribution in [3.63, 3.8) is 0 Å². The van der Waals surface area contributed by atoms with Crippen LogP contribution in [0.15, 0.2) is 18.2 Å². The lowest BCUT2D eigenvalue weighted by Gasteiger charge is -2.30. The van der Waals surface area contributed by atoms with Gasteiger partial charge in [-0.2, -0.15) is 0 Å². The second-order valence-electron chi connectivity index (χ2n) is 4.90. The van der Waals surface area contributed by atoms with E-state index in [1.165, 1.54) is 16.8 Å². The van der Waals surface area contributed by atoms with E-state index >= 15 is 0 Å². The maximum absolute atomic E-state index is 5.83. The predicted molar refractivity (Wildman–Crippen MR) is 71.6 cm³/mol. The van der Waals surface area contributed by atoms with Gasteiger partial charge in [-0.05, 0) is 37.5 Å². The monoisotopic (exact) mass is 234 g/mol. The zero-order chi connectivity index (χ0) is 12.3. The van der Waals surface area contributed by atoms with Crippen LogP contribution in [0.2, 0.25) is 0 Å². The lowest BCUT2D eigenvalue weighted by Crippen LogP contribution is -2.36. The van der Waals surface area contributed by atoms with Gasteiger partial charge in [0.1, 0.15) is 0 Å². The van der Waals surface area contributed by atoms with Crippen molar-refractivity contribution >= 4 is 5.69 Å². The number of anilines is 1. The molecule has 1 aliphatic rings. The smallest absolute Gasteiger partial charge is 0.0642 e. The lowest BCUT2D eigenvalue weighted by molar-refractivity contribution is 0.122. The number of morpholine rings is 1. The molecular formula is C14H22N2O. The van der Waals surface area contributed by atoms with Gasteiger partial charge in [0.2, 0.25) is 0 Å². The summed E-state index contributed by atoms with van der Waals surface area (Å²) in [7, 11) is 0. The van der Waals surface area contributed by atoms with E-state index < -0.39 is 0 Å². The number of benzene rings is 1. The van der Waals surface area contributed by atoms with Crippen molar-refractivity contribution in [3.05, 3.63) is 29.3 Å². The molecule has 1 saturated heterocycles. The fourth-order valence-electron chi connectivity index (χ4n) is 2.38. The Morgan fingerprint density at radius 1 is 1.35 bits per heavy atom. The molecule has 17 heavy (non-hydrogen) atoms. The van der Waals surface area contributed by atoms with E-state index in [-0.39, 0.29) is 6.04 Å². The molecule has 3 nitrogen and oxygen atoms in total. The molecular weight excluding hydrogens is 212 g/mol. The Bertz CT molecular complexity index is 370. The SMILES string of the molecule is Cc1cc(CC(C)N)ccc1N1CCOCC1. The third kappa shape index (κ3) is 3.20. The predicted octanol–water partition coefficient (Wildman–Crippen LogP) is 1.72. The molecule has 2 rings (SSSR count). The van der Waals surface area contributed by atoms with E-state index in [1.54, 1.807) is 0 Å². The minimum atomic E-state index is 0.226. The van der Waals surface area contributed by atoms with Crippen LogP contribution in [0.1, 0.15) is 18.1 Å². The Labute approximate surface area is 104 Å². The van der Waals surface area contributed by atoms with Crippen LogP contribution in [0.25, 0.3) is 0 Å². The van der Waals surface area contributed by atoms with Gasteiger partial charge >= 0.3 is 0 Å². The Morgan fingerprint density at radius 3 is 2.65 bits per heavy atom. The summed E-state index contributed by atoms with van der Waals surface area (Å²) in [6, 6.07) is 6.90. The van der Waals surface area contributed by atoms with Crippen LogP contribution < -0.4 is 10.6 Å². The van der Waals surface area contributed by atoms with Crippen molar-refractivity contribution < 1.29 is 4.74 Å². The molecule has 0 bridgehead atoms. The van der Waals surface area contributed by atoms with Crippen molar-refractivity contribution in [2.75, 3.05) is 31.2 Å². The summed E-state index contributed by atoms with van der Waals surface area (Å²) < 4.78 is 5.38. The Hall–Kier alpha value is -1.06. The minimum Gasteiger partial charge on any atom is -0.378 e. The van der Waals surface area contributed by atoms with E-state index in [1.807, 2.05) is 6.92 Å². The third-order valence-corrected chi connectivity index (χ3v) is 3.17. The molecule has 1 aliphatic heterocycles. The lowest BCUT2D eigenvalue weighted by atomic mass is 10.0. The maximum atomic E-state index is 5.83. The molecule has 3 heteroatoms. The second kappa shape index (κ2) is 5.52. The van der Waals surface area contributed by atoms with Crippen molar-refractivity contribution in [2.45, 2.75) is 26.3 Å². The summed E-state index contributed by atoms with van der Waals surface area (Å²) in [6.07, 6.45) is 0.949. The van der Waals surface area contributed by atoms with Crippen LogP contribution >= 0.6 is 0 Å². The van der Waals surface area contributed by atoms with Gasteiger partial charge < -0.3 is 15.4 Å². The van der Waals surface area contributed by atoms with Crippen LogP contribution in [0.3, 0.4) is 0 Å². The first kappa shape index (κ1) is 12.4.